The van der Waals surface area contributed by atoms with Crippen LogP contribution in [0.5, 0.6) is 0 Å². The number of benzene rings is 1. The molecule has 0 radical (unpaired) electrons. The van der Waals surface area contributed by atoms with Crippen LogP contribution in [0.3, 0.4) is 0 Å². The predicted octanol–water partition coefficient (Wildman–Crippen LogP) is 2.21. The fourth-order valence-corrected chi connectivity index (χ4v) is 4.74. The van der Waals surface area contributed by atoms with Crippen LogP contribution in [0.15, 0.2) is 28.3 Å². The van der Waals surface area contributed by atoms with Crippen molar-refractivity contribution in [1.82, 2.24) is 28.8 Å². The number of nitrogens with two attached hydrogens (primary N) is 1. The third kappa shape index (κ3) is 5.08. The highest BCUT2D eigenvalue weighted by Crippen LogP contribution is 2.29. The van der Waals surface area contributed by atoms with Crippen LogP contribution in [0.2, 0.25) is 0 Å². The molecule has 2 heterocycles. The zero-order valence-electron chi connectivity index (χ0n) is 18.4. The molecule has 0 fully saturated rings. The molecule has 1 aromatic carbocycles. The molecule has 3 aromatic rings. The van der Waals surface area contributed by atoms with E-state index in [4.69, 9.17) is 10.7 Å². The number of aromatic nitrogens is 5. The molecule has 0 aliphatic rings. The molecule has 0 aliphatic heterocycles. The summed E-state index contributed by atoms with van der Waals surface area (Å²) in [7, 11) is 3.19. The third-order valence-corrected chi connectivity index (χ3v) is 7.40. The number of anilines is 2. The Morgan fingerprint density at radius 2 is 1.84 bits per heavy atom. The first-order valence-electron chi connectivity index (χ1n) is 9.86. The molecule has 2 N–H and O–H groups in total. The number of unbranched alkanes of at least 4 members (excludes halogenated alkanes) is 1. The van der Waals surface area contributed by atoms with Crippen molar-refractivity contribution in [3.8, 4) is 0 Å². The van der Waals surface area contributed by atoms with Crippen molar-refractivity contribution in [3.05, 3.63) is 24.0 Å². The summed E-state index contributed by atoms with van der Waals surface area (Å²) in [6, 6.07) is 5.08. The van der Waals surface area contributed by atoms with Crippen molar-refractivity contribution in [2.24, 2.45) is 0 Å². The lowest BCUT2D eigenvalue weighted by Crippen LogP contribution is -2.22. The number of hydrogen-bond acceptors (Lipinski definition) is 9. The van der Waals surface area contributed by atoms with Gasteiger partial charge in [0.15, 0.2) is 5.16 Å². The Balaban J connectivity index is 1.97. The molecule has 0 spiro atoms. The second-order valence-corrected chi connectivity index (χ2v) is 10.5. The van der Waals surface area contributed by atoms with Gasteiger partial charge in [-0.2, -0.15) is 15.0 Å². The van der Waals surface area contributed by atoms with Gasteiger partial charge in [0.05, 0.1) is 21.7 Å². The van der Waals surface area contributed by atoms with E-state index in [-0.39, 0.29) is 10.8 Å². The Morgan fingerprint density at radius 1 is 1.10 bits per heavy atom. The number of sulfonamides is 1. The van der Waals surface area contributed by atoms with Crippen molar-refractivity contribution in [3.63, 3.8) is 0 Å². The maximum Gasteiger partial charge on any atom is 0.242 e. The van der Waals surface area contributed by atoms with Gasteiger partial charge in [0.2, 0.25) is 21.9 Å². The van der Waals surface area contributed by atoms with Crippen molar-refractivity contribution in [2.75, 3.05) is 38.8 Å². The van der Waals surface area contributed by atoms with Crippen molar-refractivity contribution in [1.29, 1.82) is 0 Å². The van der Waals surface area contributed by atoms with Crippen LogP contribution in [0.1, 0.15) is 25.6 Å². The molecule has 12 heteroatoms. The second-order valence-electron chi connectivity index (χ2n) is 7.43. The second kappa shape index (κ2) is 9.37. The van der Waals surface area contributed by atoms with Gasteiger partial charge in [0.1, 0.15) is 5.82 Å². The van der Waals surface area contributed by atoms with E-state index in [1.165, 1.54) is 30.2 Å². The standard InChI is InChI=1S/C19H28N8O2S2/c1-6-7-10-27-15-9-8-13(31(28,29)26(4)5)11-14(15)21-19(27)30-12-16-22-17(20)24-18(23-16)25(2)3/h8-9,11H,6-7,10,12H2,1-5H3,(H2,20,22,23,24). The third-order valence-electron chi connectivity index (χ3n) is 4.62. The maximum absolute atomic E-state index is 12.5. The highest BCUT2D eigenvalue weighted by Gasteiger charge is 2.20. The van der Waals surface area contributed by atoms with E-state index < -0.39 is 10.0 Å². The minimum Gasteiger partial charge on any atom is -0.368 e. The molecule has 10 nitrogen and oxygen atoms in total. The Morgan fingerprint density at radius 3 is 2.48 bits per heavy atom. The SMILES string of the molecule is CCCCn1c(SCc2nc(N)nc(N(C)C)n2)nc2cc(S(=O)(=O)N(C)C)ccc21. The lowest BCUT2D eigenvalue weighted by atomic mass is 10.3. The number of thioether (sulfide) groups is 1. The normalized spacial score (nSPS) is 12.1. The van der Waals surface area contributed by atoms with Gasteiger partial charge < -0.3 is 15.2 Å². The lowest BCUT2D eigenvalue weighted by molar-refractivity contribution is 0.521. The number of hydrogen-bond donors (Lipinski definition) is 1. The molecular weight excluding hydrogens is 436 g/mol. The largest absolute Gasteiger partial charge is 0.368 e. The molecule has 0 unspecified atom stereocenters. The van der Waals surface area contributed by atoms with Crippen LogP contribution in [0.25, 0.3) is 11.0 Å². The number of nitrogen functional groups attached to an aromatic ring is 1. The van der Waals surface area contributed by atoms with Crippen LogP contribution in [0, 0.1) is 0 Å². The molecule has 0 saturated carbocycles. The van der Waals surface area contributed by atoms with E-state index in [0.29, 0.717) is 23.0 Å². The molecule has 0 saturated heterocycles. The first kappa shape index (κ1) is 23.2. The maximum atomic E-state index is 12.5. The Kier molecular flexibility index (Phi) is 7.02. The highest BCUT2D eigenvalue weighted by atomic mass is 32.2. The number of imidazole rings is 1. The van der Waals surface area contributed by atoms with E-state index in [1.54, 1.807) is 17.0 Å². The van der Waals surface area contributed by atoms with Crippen LogP contribution >= 0.6 is 11.8 Å². The topological polar surface area (TPSA) is 123 Å². The summed E-state index contributed by atoms with van der Waals surface area (Å²) in [4.78, 5) is 19.5. The van der Waals surface area contributed by atoms with Crippen molar-refractivity contribution >= 4 is 44.7 Å². The van der Waals surface area contributed by atoms with E-state index >= 15 is 0 Å². The monoisotopic (exact) mass is 464 g/mol. The zero-order valence-corrected chi connectivity index (χ0v) is 20.0. The number of rotatable bonds is 9. The van der Waals surface area contributed by atoms with Gasteiger partial charge in [0.25, 0.3) is 0 Å². The number of fused-ring (bicyclic) bond motifs is 1. The van der Waals surface area contributed by atoms with Gasteiger partial charge in [-0.25, -0.2) is 17.7 Å². The van der Waals surface area contributed by atoms with Crippen molar-refractivity contribution in [2.45, 2.75) is 42.1 Å². The number of aryl methyl sites for hydroxylation is 1. The molecular formula is C19H28N8O2S2. The summed E-state index contributed by atoms with van der Waals surface area (Å²) >= 11 is 1.49. The average molecular weight is 465 g/mol. The highest BCUT2D eigenvalue weighted by molar-refractivity contribution is 7.98. The lowest BCUT2D eigenvalue weighted by Gasteiger charge is -2.12. The van der Waals surface area contributed by atoms with Crippen LogP contribution in [0.4, 0.5) is 11.9 Å². The molecule has 0 atom stereocenters. The summed E-state index contributed by atoms with van der Waals surface area (Å²) in [5, 5.41) is 0.785. The average Bonchev–Trinajstić information content (AvgIpc) is 3.06. The van der Waals surface area contributed by atoms with Gasteiger partial charge in [0, 0.05) is 34.7 Å². The minimum atomic E-state index is -3.53. The van der Waals surface area contributed by atoms with Gasteiger partial charge in [-0.1, -0.05) is 25.1 Å². The number of nitrogens with zero attached hydrogens (tertiary/aromatic N) is 7. The summed E-state index contributed by atoms with van der Waals surface area (Å²) in [6.45, 7) is 2.92. The molecule has 0 bridgehead atoms. The molecule has 31 heavy (non-hydrogen) atoms. The summed E-state index contributed by atoms with van der Waals surface area (Å²) in [6.07, 6.45) is 2.02. The predicted molar refractivity (Wildman–Crippen MR) is 124 cm³/mol. The fraction of sp³-hybridized carbons (Fsp3) is 0.474. The molecule has 0 amide bonds. The minimum absolute atomic E-state index is 0.173. The van der Waals surface area contributed by atoms with Gasteiger partial charge in [-0.05, 0) is 24.6 Å². The smallest absolute Gasteiger partial charge is 0.242 e. The quantitative estimate of drug-likeness (QED) is 0.475. The van der Waals surface area contributed by atoms with Crippen LogP contribution < -0.4 is 10.6 Å². The Hall–Kier alpha value is -2.44. The first-order chi connectivity index (χ1) is 14.6. The van der Waals surface area contributed by atoms with Gasteiger partial charge >= 0.3 is 0 Å². The van der Waals surface area contributed by atoms with E-state index in [0.717, 1.165) is 30.1 Å². The Bertz CT molecular complexity index is 1180. The van der Waals surface area contributed by atoms with E-state index in [2.05, 4.69) is 26.4 Å². The molecule has 168 valence electrons. The van der Waals surface area contributed by atoms with Crippen molar-refractivity contribution < 1.29 is 8.42 Å². The first-order valence-corrected chi connectivity index (χ1v) is 12.3. The van der Waals surface area contributed by atoms with Gasteiger partial charge in [-0.15, -0.1) is 0 Å². The Labute approximate surface area is 186 Å². The van der Waals surface area contributed by atoms with E-state index in [9.17, 15) is 8.42 Å². The van der Waals surface area contributed by atoms with E-state index in [1.807, 2.05) is 20.2 Å². The molecule has 2 aromatic heterocycles. The molecule has 3 rings (SSSR count). The fourth-order valence-electron chi connectivity index (χ4n) is 2.92. The van der Waals surface area contributed by atoms with Crippen LogP contribution in [-0.2, 0) is 22.3 Å². The summed E-state index contributed by atoms with van der Waals surface area (Å²) in [5.41, 5.74) is 7.37. The zero-order chi connectivity index (χ0) is 22.8. The van der Waals surface area contributed by atoms with Gasteiger partial charge in [-0.3, -0.25) is 0 Å². The van der Waals surface area contributed by atoms with Crippen LogP contribution in [-0.4, -0.2) is 65.4 Å². The summed E-state index contributed by atoms with van der Waals surface area (Å²) < 4.78 is 28.4. The summed E-state index contributed by atoms with van der Waals surface area (Å²) in [5.74, 6) is 1.70. The molecule has 0 aliphatic carbocycles.